The van der Waals surface area contributed by atoms with Gasteiger partial charge in [0.1, 0.15) is 29.4 Å². The minimum Gasteiger partial charge on any atom is -0.462 e. The summed E-state index contributed by atoms with van der Waals surface area (Å²) in [6, 6.07) is 7.51. The smallest absolute Gasteiger partial charge is 0.193 e. The highest BCUT2D eigenvalue weighted by atomic mass is 28.4. The van der Waals surface area contributed by atoms with Gasteiger partial charge >= 0.3 is 0 Å². The van der Waals surface area contributed by atoms with Gasteiger partial charge in [0.2, 0.25) is 0 Å². The number of carbonyl (C=O) groups is 1. The predicted molar refractivity (Wildman–Crippen MR) is 161 cm³/mol. The van der Waals surface area contributed by atoms with Crippen molar-refractivity contribution in [1.29, 1.82) is 0 Å². The molecular formula is C30H53NO5Si2. The summed E-state index contributed by atoms with van der Waals surface area (Å²) in [4.78, 5) is 13.9. The second kappa shape index (κ2) is 12.8. The summed E-state index contributed by atoms with van der Waals surface area (Å²) in [5, 5.41) is 0.128. The maximum atomic E-state index is 11.5. The molecule has 2 aromatic rings. The molecular weight excluding hydrogens is 511 g/mol. The maximum Gasteiger partial charge on any atom is 0.193 e. The summed E-state index contributed by atoms with van der Waals surface area (Å²) < 4.78 is 26.1. The molecule has 216 valence electrons. The van der Waals surface area contributed by atoms with E-state index in [1.807, 2.05) is 12.1 Å². The van der Waals surface area contributed by atoms with Crippen molar-refractivity contribution in [1.82, 2.24) is 4.90 Å². The van der Waals surface area contributed by atoms with Crippen LogP contribution in [-0.4, -0.2) is 40.9 Å². The quantitative estimate of drug-likeness (QED) is 0.169. The van der Waals surface area contributed by atoms with E-state index in [4.69, 9.17) is 17.7 Å². The van der Waals surface area contributed by atoms with Crippen LogP contribution in [0.1, 0.15) is 108 Å². The van der Waals surface area contributed by atoms with Crippen LogP contribution >= 0.6 is 0 Å². The second-order valence-corrected chi connectivity index (χ2v) is 23.0. The Morgan fingerprint density at radius 1 is 0.895 bits per heavy atom. The highest BCUT2D eigenvalue weighted by Gasteiger charge is 2.44. The van der Waals surface area contributed by atoms with Gasteiger partial charge in [-0.3, -0.25) is 9.69 Å². The van der Waals surface area contributed by atoms with Gasteiger partial charge < -0.3 is 17.7 Å². The third kappa shape index (κ3) is 8.04. The van der Waals surface area contributed by atoms with E-state index in [9.17, 15) is 4.79 Å². The van der Waals surface area contributed by atoms with Crippen LogP contribution in [0.2, 0.25) is 36.3 Å². The normalized spacial score (nSPS) is 15.2. The average molecular weight is 564 g/mol. The lowest BCUT2D eigenvalue weighted by Crippen LogP contribution is -2.45. The minimum absolute atomic E-state index is 0.00166. The molecule has 0 saturated heterocycles. The summed E-state index contributed by atoms with van der Waals surface area (Å²) >= 11 is 0. The van der Waals surface area contributed by atoms with E-state index in [1.165, 1.54) is 0 Å². The Labute approximate surface area is 233 Å². The van der Waals surface area contributed by atoms with E-state index in [0.717, 1.165) is 43.7 Å². The van der Waals surface area contributed by atoms with Crippen molar-refractivity contribution in [3.8, 4) is 0 Å². The van der Waals surface area contributed by atoms with Gasteiger partial charge in [0.15, 0.2) is 28.7 Å². The lowest BCUT2D eigenvalue weighted by molar-refractivity contribution is 0.0297. The molecule has 8 heteroatoms. The first-order valence-corrected chi connectivity index (χ1v) is 20.0. The lowest BCUT2D eigenvalue weighted by atomic mass is 10.0. The van der Waals surface area contributed by atoms with Gasteiger partial charge in [-0.2, -0.15) is 0 Å². The number of rotatable bonds is 14. The third-order valence-corrected chi connectivity index (χ3v) is 17.4. The van der Waals surface area contributed by atoms with Crippen LogP contribution in [0.15, 0.2) is 33.1 Å². The van der Waals surface area contributed by atoms with Gasteiger partial charge in [-0.15, -0.1) is 0 Å². The fourth-order valence-electron chi connectivity index (χ4n) is 3.83. The zero-order chi connectivity index (χ0) is 28.9. The van der Waals surface area contributed by atoms with E-state index in [1.54, 1.807) is 6.07 Å². The molecule has 38 heavy (non-hydrogen) atoms. The zero-order valence-corrected chi connectivity index (χ0v) is 28.1. The first-order valence-electron chi connectivity index (χ1n) is 14.2. The summed E-state index contributed by atoms with van der Waals surface area (Å²) in [5.41, 5.74) is 0. The summed E-state index contributed by atoms with van der Waals surface area (Å²) in [6.45, 7) is 29.1. The molecule has 0 aliphatic carbocycles. The molecule has 0 saturated carbocycles. The Hall–Kier alpha value is -1.46. The molecule has 0 aliphatic rings. The van der Waals surface area contributed by atoms with E-state index in [2.05, 4.69) is 92.5 Å². The van der Waals surface area contributed by atoms with Crippen LogP contribution in [0, 0.1) is 0 Å². The van der Waals surface area contributed by atoms with Crippen LogP contribution < -0.4 is 0 Å². The van der Waals surface area contributed by atoms with Crippen molar-refractivity contribution in [3.05, 3.63) is 47.3 Å². The monoisotopic (exact) mass is 563 g/mol. The molecule has 0 radical (unpaired) electrons. The summed E-state index contributed by atoms with van der Waals surface area (Å²) in [7, 11) is -4.15. The van der Waals surface area contributed by atoms with Gasteiger partial charge in [-0.1, -0.05) is 61.8 Å². The fraction of sp³-hybridized carbons (Fsp3) is 0.700. The minimum atomic E-state index is -2.23. The van der Waals surface area contributed by atoms with Gasteiger partial charge in [0.25, 0.3) is 0 Å². The van der Waals surface area contributed by atoms with Crippen molar-refractivity contribution in [2.45, 2.75) is 123 Å². The molecule has 0 aromatic carbocycles. The Bertz CT molecular complexity index is 1010. The second-order valence-electron chi connectivity index (χ2n) is 13.4. The standard InChI is InChI=1S/C30H53NO5Si2/c1-13-15-20-31(14-2)27(25-18-17-24(35-25)22-33-37(9,10)29(3,4)5)28(26-19-16-23(21-32)34-26)36-38(11,12)30(6,7)8/h16-19,21,27-28H,13-15,20,22H2,1-12H3/t27-,28?/m1/s1. The van der Waals surface area contributed by atoms with Crippen molar-refractivity contribution in [2.24, 2.45) is 0 Å². The maximum absolute atomic E-state index is 11.5. The number of nitrogens with zero attached hydrogens (tertiary/aromatic N) is 1. The Kier molecular flexibility index (Phi) is 11.0. The Morgan fingerprint density at radius 3 is 2.00 bits per heavy atom. The number of aldehydes is 1. The molecule has 2 rings (SSSR count). The van der Waals surface area contributed by atoms with Crippen LogP contribution in [0.3, 0.4) is 0 Å². The van der Waals surface area contributed by atoms with Crippen molar-refractivity contribution < 1.29 is 22.5 Å². The average Bonchev–Trinajstić information content (AvgIpc) is 3.47. The number of unbranched alkanes of at least 4 members (excludes halogenated alkanes) is 1. The highest BCUT2D eigenvalue weighted by molar-refractivity contribution is 6.74. The Morgan fingerprint density at radius 2 is 1.50 bits per heavy atom. The van der Waals surface area contributed by atoms with Crippen LogP contribution in [0.5, 0.6) is 0 Å². The van der Waals surface area contributed by atoms with Crippen molar-refractivity contribution in [3.63, 3.8) is 0 Å². The van der Waals surface area contributed by atoms with Gasteiger partial charge in [0, 0.05) is 0 Å². The third-order valence-electron chi connectivity index (χ3n) is 8.51. The fourth-order valence-corrected chi connectivity index (χ4v) is 6.00. The van der Waals surface area contributed by atoms with E-state index in [0.29, 0.717) is 18.1 Å². The predicted octanol–water partition coefficient (Wildman–Crippen LogP) is 9.13. The van der Waals surface area contributed by atoms with Crippen LogP contribution in [0.4, 0.5) is 0 Å². The lowest BCUT2D eigenvalue weighted by Gasteiger charge is -2.42. The zero-order valence-electron chi connectivity index (χ0n) is 26.1. The molecule has 0 aliphatic heterocycles. The summed E-state index contributed by atoms with van der Waals surface area (Å²) in [6.07, 6.45) is 2.50. The van der Waals surface area contributed by atoms with Gasteiger partial charge in [0.05, 0.1) is 6.61 Å². The first-order chi connectivity index (χ1) is 17.5. The SMILES string of the molecule is CCCCN(CC)[C@H](c1ccc(CO[Si](C)(C)C(C)(C)C)o1)C(O[Si](C)(C)C(C)(C)C)c1ccc(C=O)o1. The molecule has 0 spiro atoms. The summed E-state index contributed by atoms with van der Waals surface area (Å²) in [5.74, 6) is 2.62. The number of carbonyl (C=O) groups excluding carboxylic acids is 1. The number of hydrogen-bond acceptors (Lipinski definition) is 6. The van der Waals surface area contributed by atoms with Crippen LogP contribution in [-0.2, 0) is 15.5 Å². The number of hydrogen-bond donors (Lipinski definition) is 0. The number of furan rings is 2. The molecule has 0 N–H and O–H groups in total. The first kappa shape index (κ1) is 32.8. The van der Waals surface area contributed by atoms with Gasteiger partial charge in [-0.05, 0) is 80.0 Å². The van der Waals surface area contributed by atoms with E-state index >= 15 is 0 Å². The largest absolute Gasteiger partial charge is 0.462 e. The molecule has 2 atom stereocenters. The topological polar surface area (TPSA) is 65.1 Å². The molecule has 0 amide bonds. The van der Waals surface area contributed by atoms with Crippen molar-refractivity contribution in [2.75, 3.05) is 13.1 Å². The number of likely N-dealkylation sites (N-methyl/N-ethyl adjacent to an activating group) is 1. The molecule has 2 aromatic heterocycles. The highest BCUT2D eigenvalue weighted by Crippen LogP contribution is 2.46. The molecule has 0 fully saturated rings. The van der Waals surface area contributed by atoms with Gasteiger partial charge in [-0.25, -0.2) is 0 Å². The molecule has 2 heterocycles. The molecule has 6 nitrogen and oxygen atoms in total. The Balaban J connectivity index is 2.56. The van der Waals surface area contributed by atoms with E-state index in [-0.39, 0.29) is 16.1 Å². The van der Waals surface area contributed by atoms with Crippen LogP contribution in [0.25, 0.3) is 0 Å². The molecule has 1 unspecified atom stereocenters. The molecule has 0 bridgehead atoms. The van der Waals surface area contributed by atoms with Crippen molar-refractivity contribution >= 4 is 22.9 Å². The van der Waals surface area contributed by atoms with E-state index < -0.39 is 22.7 Å².